The molecule has 8 heteroatoms. The Morgan fingerprint density at radius 1 is 1.03 bits per heavy atom. The fourth-order valence-corrected chi connectivity index (χ4v) is 5.34. The van der Waals surface area contributed by atoms with Crippen LogP contribution in [0.4, 0.5) is 5.13 Å². The summed E-state index contributed by atoms with van der Waals surface area (Å²) in [6.07, 6.45) is 0. The number of amides is 1. The van der Waals surface area contributed by atoms with Gasteiger partial charge in [0.25, 0.3) is 5.91 Å². The number of anilines is 1. The van der Waals surface area contributed by atoms with Gasteiger partial charge in [0.2, 0.25) is 0 Å². The van der Waals surface area contributed by atoms with E-state index in [-0.39, 0.29) is 5.57 Å². The Morgan fingerprint density at radius 3 is 2.51 bits per heavy atom. The van der Waals surface area contributed by atoms with Gasteiger partial charge >= 0.3 is 0 Å². The van der Waals surface area contributed by atoms with E-state index in [0.717, 1.165) is 15.8 Å². The Bertz CT molecular complexity index is 1490. The van der Waals surface area contributed by atoms with E-state index in [1.165, 1.54) is 30.5 Å². The van der Waals surface area contributed by atoms with Gasteiger partial charge in [-0.3, -0.25) is 14.5 Å². The third kappa shape index (κ3) is 3.81. The van der Waals surface area contributed by atoms with Crippen LogP contribution in [-0.2, 0) is 4.79 Å². The van der Waals surface area contributed by atoms with Crippen molar-refractivity contribution < 1.29 is 24.2 Å². The number of thiazole rings is 1. The highest BCUT2D eigenvalue weighted by molar-refractivity contribution is 7.22. The summed E-state index contributed by atoms with van der Waals surface area (Å²) < 4.78 is 11.9. The van der Waals surface area contributed by atoms with Crippen molar-refractivity contribution in [3.8, 4) is 11.5 Å². The zero-order valence-corrected chi connectivity index (χ0v) is 20.1. The lowest BCUT2D eigenvalue weighted by Crippen LogP contribution is -2.31. The van der Waals surface area contributed by atoms with Crippen molar-refractivity contribution in [3.63, 3.8) is 0 Å². The summed E-state index contributed by atoms with van der Waals surface area (Å²) in [6.45, 7) is 1.98. The first kappa shape index (κ1) is 22.6. The number of aliphatic hydroxyl groups is 1. The maximum atomic E-state index is 13.6. The van der Waals surface area contributed by atoms with Crippen molar-refractivity contribution in [2.75, 3.05) is 19.1 Å². The first-order valence-electron chi connectivity index (χ1n) is 10.9. The van der Waals surface area contributed by atoms with Crippen molar-refractivity contribution in [2.24, 2.45) is 0 Å². The zero-order valence-electron chi connectivity index (χ0n) is 19.3. The number of carbonyl (C=O) groups excluding carboxylic acids is 2. The summed E-state index contributed by atoms with van der Waals surface area (Å²) in [5.41, 5.74) is 2.60. The molecular weight excluding hydrogens is 464 g/mol. The normalized spacial score (nSPS) is 15.7. The lowest BCUT2D eigenvalue weighted by Gasteiger charge is -2.26. The predicted molar refractivity (Wildman–Crippen MR) is 135 cm³/mol. The fourth-order valence-electron chi connectivity index (χ4n) is 4.25. The number of carbonyl (C=O) groups is 2. The van der Waals surface area contributed by atoms with Crippen molar-refractivity contribution >= 4 is 38.4 Å². The van der Waals surface area contributed by atoms with E-state index in [1.54, 1.807) is 48.5 Å². The van der Waals surface area contributed by atoms with Gasteiger partial charge in [-0.25, -0.2) is 4.98 Å². The molecule has 0 radical (unpaired) electrons. The van der Waals surface area contributed by atoms with E-state index in [0.29, 0.717) is 27.8 Å². The minimum atomic E-state index is -0.970. The van der Waals surface area contributed by atoms with Gasteiger partial charge in [0.1, 0.15) is 17.5 Å². The summed E-state index contributed by atoms with van der Waals surface area (Å²) in [6, 6.07) is 18.5. The Hall–Kier alpha value is -4.17. The number of hydrogen-bond donors (Lipinski definition) is 1. The molecule has 2 heterocycles. The first-order valence-corrected chi connectivity index (χ1v) is 11.7. The van der Waals surface area contributed by atoms with Crippen LogP contribution in [-0.4, -0.2) is 36.0 Å². The quantitative estimate of drug-likeness (QED) is 0.367. The summed E-state index contributed by atoms with van der Waals surface area (Å²) >= 11 is 1.32. The molecule has 0 bridgehead atoms. The van der Waals surface area contributed by atoms with Gasteiger partial charge in [-0.2, -0.15) is 0 Å². The van der Waals surface area contributed by atoms with Gasteiger partial charge in [0.15, 0.2) is 16.7 Å². The molecule has 7 nitrogen and oxygen atoms in total. The summed E-state index contributed by atoms with van der Waals surface area (Å²) in [7, 11) is 3.04. The van der Waals surface area contributed by atoms with E-state index in [2.05, 4.69) is 4.98 Å². The van der Waals surface area contributed by atoms with Crippen LogP contribution >= 0.6 is 11.3 Å². The standard InChI is InChI=1S/C27H22N2O5S/c1-15-9-11-19-21(13-15)35-27(28-19)29-23(18-14-17(33-2)10-12-20(18)34-3)22(25(31)26(29)32)24(30)16-7-5-4-6-8-16/h4-14,23,31H,1-3H3. The van der Waals surface area contributed by atoms with Crippen LogP contribution in [0.5, 0.6) is 11.5 Å². The van der Waals surface area contributed by atoms with Crippen LogP contribution in [0, 0.1) is 6.92 Å². The average molecular weight is 487 g/mol. The van der Waals surface area contributed by atoms with Gasteiger partial charge < -0.3 is 14.6 Å². The molecule has 1 aliphatic rings. The fraction of sp³-hybridized carbons (Fsp3) is 0.148. The van der Waals surface area contributed by atoms with Crippen LogP contribution in [0.3, 0.4) is 0 Å². The van der Waals surface area contributed by atoms with Crippen LogP contribution in [0.1, 0.15) is 27.5 Å². The molecule has 4 aromatic rings. The second kappa shape index (κ2) is 8.88. The highest BCUT2D eigenvalue weighted by atomic mass is 32.1. The van der Waals surface area contributed by atoms with E-state index in [9.17, 15) is 14.7 Å². The topological polar surface area (TPSA) is 89.0 Å². The average Bonchev–Trinajstić information content (AvgIpc) is 3.41. The van der Waals surface area contributed by atoms with Gasteiger partial charge in [-0.15, -0.1) is 0 Å². The van der Waals surface area contributed by atoms with Crippen LogP contribution in [0.2, 0.25) is 0 Å². The Kier molecular flexibility index (Phi) is 5.74. The molecule has 1 aliphatic heterocycles. The number of ketones is 1. The first-order chi connectivity index (χ1) is 16.9. The van der Waals surface area contributed by atoms with E-state index < -0.39 is 23.5 Å². The molecule has 3 aromatic carbocycles. The monoisotopic (exact) mass is 486 g/mol. The minimum absolute atomic E-state index is 0.0387. The number of ether oxygens (including phenoxy) is 2. The third-order valence-corrected chi connectivity index (χ3v) is 6.98. The molecular formula is C27H22N2O5S. The molecule has 0 fully saturated rings. The third-order valence-electron chi connectivity index (χ3n) is 5.96. The van der Waals surface area contributed by atoms with E-state index in [4.69, 9.17) is 9.47 Å². The molecule has 1 unspecified atom stereocenters. The van der Waals surface area contributed by atoms with Gasteiger partial charge in [-0.1, -0.05) is 47.7 Å². The molecule has 1 atom stereocenters. The summed E-state index contributed by atoms with van der Waals surface area (Å²) in [4.78, 5) is 33.2. The van der Waals surface area contributed by atoms with Gasteiger partial charge in [-0.05, 0) is 42.8 Å². The molecule has 0 spiro atoms. The number of aryl methyl sites for hydroxylation is 1. The molecule has 1 amide bonds. The van der Waals surface area contributed by atoms with Crippen LogP contribution < -0.4 is 14.4 Å². The highest BCUT2D eigenvalue weighted by Crippen LogP contribution is 2.47. The maximum absolute atomic E-state index is 13.6. The number of hydrogen-bond acceptors (Lipinski definition) is 7. The van der Waals surface area contributed by atoms with Crippen LogP contribution in [0.25, 0.3) is 10.2 Å². The second-order valence-corrected chi connectivity index (χ2v) is 9.12. The summed E-state index contributed by atoms with van der Waals surface area (Å²) in [5, 5.41) is 11.4. The number of fused-ring (bicyclic) bond motifs is 1. The number of Topliss-reactive ketones (excluding diaryl/α,β-unsaturated/α-hetero) is 1. The molecule has 0 aliphatic carbocycles. The molecule has 176 valence electrons. The predicted octanol–water partition coefficient (Wildman–Crippen LogP) is 5.40. The summed E-state index contributed by atoms with van der Waals surface area (Å²) in [5.74, 6) is -0.797. The number of aromatic nitrogens is 1. The number of methoxy groups -OCH3 is 2. The molecule has 0 saturated carbocycles. The Labute approximate surface area is 205 Å². The maximum Gasteiger partial charge on any atom is 0.296 e. The number of nitrogens with zero attached hydrogens (tertiary/aromatic N) is 2. The van der Waals surface area contributed by atoms with Crippen molar-refractivity contribution in [1.29, 1.82) is 0 Å². The van der Waals surface area contributed by atoms with Gasteiger partial charge in [0, 0.05) is 11.1 Å². The van der Waals surface area contributed by atoms with Crippen molar-refractivity contribution in [3.05, 3.63) is 94.8 Å². The van der Waals surface area contributed by atoms with Crippen molar-refractivity contribution in [2.45, 2.75) is 13.0 Å². The second-order valence-electron chi connectivity index (χ2n) is 8.11. The Balaban J connectivity index is 1.74. The lowest BCUT2D eigenvalue weighted by atomic mass is 9.92. The highest BCUT2D eigenvalue weighted by Gasteiger charge is 2.47. The number of aliphatic hydroxyl groups excluding tert-OH is 1. The van der Waals surface area contributed by atoms with E-state index >= 15 is 0 Å². The SMILES string of the molecule is COc1ccc(OC)c(C2C(C(=O)c3ccccc3)=C(O)C(=O)N2c2nc3ccc(C)cc3s2)c1. The Morgan fingerprint density at radius 2 is 1.80 bits per heavy atom. The van der Waals surface area contributed by atoms with Crippen molar-refractivity contribution in [1.82, 2.24) is 4.98 Å². The molecule has 1 N–H and O–H groups in total. The smallest absolute Gasteiger partial charge is 0.296 e. The largest absolute Gasteiger partial charge is 0.503 e. The minimum Gasteiger partial charge on any atom is -0.503 e. The number of rotatable bonds is 6. The molecule has 5 rings (SSSR count). The zero-order chi connectivity index (χ0) is 24.7. The molecule has 0 saturated heterocycles. The molecule has 35 heavy (non-hydrogen) atoms. The lowest BCUT2D eigenvalue weighted by molar-refractivity contribution is -0.117. The van der Waals surface area contributed by atoms with Gasteiger partial charge in [0.05, 0.1) is 30.0 Å². The number of benzene rings is 3. The van der Waals surface area contributed by atoms with E-state index in [1.807, 2.05) is 25.1 Å². The van der Waals surface area contributed by atoms with Crippen LogP contribution in [0.15, 0.2) is 78.1 Å². The molecule has 1 aromatic heterocycles.